The van der Waals surface area contributed by atoms with Crippen LogP contribution in [0, 0.1) is 6.92 Å². The van der Waals surface area contributed by atoms with Crippen LogP contribution in [0.5, 0.6) is 0 Å². The number of aliphatic hydroxyl groups is 1. The lowest BCUT2D eigenvalue weighted by Gasteiger charge is -2.26. The van der Waals surface area contributed by atoms with E-state index in [9.17, 15) is 14.7 Å². The van der Waals surface area contributed by atoms with Crippen molar-refractivity contribution in [1.29, 1.82) is 0 Å². The monoisotopic (exact) mass is 301 g/mol. The van der Waals surface area contributed by atoms with Crippen LogP contribution in [0.1, 0.15) is 41.6 Å². The van der Waals surface area contributed by atoms with Gasteiger partial charge in [0.05, 0.1) is 6.10 Å². The highest BCUT2D eigenvalue weighted by molar-refractivity contribution is 5.99. The number of rotatable bonds is 2. The fourth-order valence-corrected chi connectivity index (χ4v) is 3.04. The first-order valence-corrected chi connectivity index (χ1v) is 7.57. The van der Waals surface area contributed by atoms with E-state index in [0.717, 1.165) is 18.2 Å². The third-order valence-electron chi connectivity index (χ3n) is 4.33. The second kappa shape index (κ2) is 5.93. The lowest BCUT2D eigenvalue weighted by atomic mass is 9.93. The Morgan fingerprint density at radius 1 is 1.23 bits per heavy atom. The lowest BCUT2D eigenvalue weighted by Crippen LogP contribution is -2.40. The molecule has 1 heterocycles. The molecule has 2 aromatic rings. The number of benzene rings is 1. The van der Waals surface area contributed by atoms with Gasteiger partial charge in [-0.3, -0.25) is 4.79 Å². The molecule has 0 bridgehead atoms. The molecule has 0 spiro atoms. The summed E-state index contributed by atoms with van der Waals surface area (Å²) in [6, 6.07) is 7.19. The molecule has 22 heavy (non-hydrogen) atoms. The van der Waals surface area contributed by atoms with Gasteiger partial charge in [-0.05, 0) is 44.2 Å². The number of aryl methyl sites for hydroxylation is 1. The fourth-order valence-electron chi connectivity index (χ4n) is 3.04. The second-order valence-corrected chi connectivity index (χ2v) is 5.86. The maximum absolute atomic E-state index is 12.4. The Bertz CT molecular complexity index is 757. The summed E-state index contributed by atoms with van der Waals surface area (Å²) in [5.74, 6) is -0.390. The fraction of sp³-hybridized carbons (Fsp3) is 0.412. The summed E-state index contributed by atoms with van der Waals surface area (Å²) in [5.41, 5.74) is 0.594. The molecule has 1 aromatic carbocycles. The van der Waals surface area contributed by atoms with Crippen LogP contribution in [0.25, 0.3) is 11.0 Å². The van der Waals surface area contributed by atoms with Crippen molar-refractivity contribution >= 4 is 16.9 Å². The first kappa shape index (κ1) is 14.8. The van der Waals surface area contributed by atoms with Crippen molar-refractivity contribution in [3.05, 3.63) is 45.8 Å². The number of aliphatic hydroxyl groups excluding tert-OH is 1. The Balaban J connectivity index is 1.89. The van der Waals surface area contributed by atoms with E-state index in [4.69, 9.17) is 4.42 Å². The molecular formula is C17H19NO4. The van der Waals surface area contributed by atoms with Gasteiger partial charge in [0, 0.05) is 11.4 Å². The predicted molar refractivity (Wildman–Crippen MR) is 83.0 cm³/mol. The normalized spacial score (nSPS) is 21.7. The molecule has 1 aliphatic carbocycles. The zero-order valence-corrected chi connectivity index (χ0v) is 12.5. The highest BCUT2D eigenvalue weighted by Gasteiger charge is 2.24. The maximum atomic E-state index is 12.4. The summed E-state index contributed by atoms with van der Waals surface area (Å²) in [4.78, 5) is 24.6. The zero-order valence-electron chi connectivity index (χ0n) is 12.5. The standard InChI is InChI=1S/C17H19NO4/c1-10-13-4-2-3-5-14(13)22-17(21)15(10)16(20)18-11-6-8-12(19)9-7-11/h2-5,11-12,19H,6-9H2,1H3,(H,18,20). The van der Waals surface area contributed by atoms with Crippen molar-refractivity contribution < 1.29 is 14.3 Å². The van der Waals surface area contributed by atoms with Crippen LogP contribution in [0.3, 0.4) is 0 Å². The minimum atomic E-state index is -0.607. The number of amides is 1. The molecule has 1 fully saturated rings. The molecule has 1 amide bonds. The van der Waals surface area contributed by atoms with Gasteiger partial charge in [-0.1, -0.05) is 18.2 Å². The minimum absolute atomic E-state index is 0.00108. The van der Waals surface area contributed by atoms with E-state index in [-0.39, 0.29) is 17.7 Å². The summed E-state index contributed by atoms with van der Waals surface area (Å²) in [6.45, 7) is 1.76. The molecule has 0 aliphatic heterocycles. The van der Waals surface area contributed by atoms with Gasteiger partial charge in [0.1, 0.15) is 11.1 Å². The average molecular weight is 301 g/mol. The summed E-state index contributed by atoms with van der Waals surface area (Å²) in [5, 5.41) is 13.2. The third-order valence-corrected chi connectivity index (χ3v) is 4.33. The molecule has 0 radical (unpaired) electrons. The smallest absolute Gasteiger partial charge is 0.349 e. The Hall–Kier alpha value is -2.14. The summed E-state index contributed by atoms with van der Waals surface area (Å²) in [7, 11) is 0. The number of para-hydroxylation sites is 1. The van der Waals surface area contributed by atoms with E-state index in [2.05, 4.69) is 5.32 Å². The van der Waals surface area contributed by atoms with Crippen molar-refractivity contribution in [3.63, 3.8) is 0 Å². The highest BCUT2D eigenvalue weighted by Crippen LogP contribution is 2.21. The van der Waals surface area contributed by atoms with E-state index in [1.807, 2.05) is 12.1 Å². The average Bonchev–Trinajstić information content (AvgIpc) is 2.49. The van der Waals surface area contributed by atoms with E-state index in [0.29, 0.717) is 24.0 Å². The molecule has 1 saturated carbocycles. The number of hydrogen-bond acceptors (Lipinski definition) is 4. The Morgan fingerprint density at radius 3 is 2.64 bits per heavy atom. The Labute approximate surface area is 127 Å². The van der Waals surface area contributed by atoms with Gasteiger partial charge in [0.25, 0.3) is 5.91 Å². The van der Waals surface area contributed by atoms with Crippen LogP contribution >= 0.6 is 0 Å². The summed E-state index contributed by atoms with van der Waals surface area (Å²) >= 11 is 0. The Morgan fingerprint density at radius 2 is 1.91 bits per heavy atom. The van der Waals surface area contributed by atoms with Gasteiger partial charge in [-0.15, -0.1) is 0 Å². The van der Waals surface area contributed by atoms with Gasteiger partial charge in [0.2, 0.25) is 0 Å². The zero-order chi connectivity index (χ0) is 15.7. The van der Waals surface area contributed by atoms with Crippen LogP contribution < -0.4 is 10.9 Å². The molecule has 3 rings (SSSR count). The first-order chi connectivity index (χ1) is 10.6. The summed E-state index contributed by atoms with van der Waals surface area (Å²) in [6.07, 6.45) is 2.53. The number of carbonyl (C=O) groups excluding carboxylic acids is 1. The summed E-state index contributed by atoms with van der Waals surface area (Å²) < 4.78 is 5.24. The molecule has 0 atom stereocenters. The van der Waals surface area contributed by atoms with Crippen LogP contribution in [-0.2, 0) is 0 Å². The van der Waals surface area contributed by atoms with E-state index in [1.165, 1.54) is 0 Å². The first-order valence-electron chi connectivity index (χ1n) is 7.57. The Kier molecular flexibility index (Phi) is 3.98. The van der Waals surface area contributed by atoms with Crippen molar-refractivity contribution in [2.75, 3.05) is 0 Å². The largest absolute Gasteiger partial charge is 0.422 e. The van der Waals surface area contributed by atoms with Gasteiger partial charge in [-0.25, -0.2) is 4.79 Å². The third kappa shape index (κ3) is 2.76. The van der Waals surface area contributed by atoms with E-state index in [1.54, 1.807) is 19.1 Å². The molecule has 5 nitrogen and oxygen atoms in total. The van der Waals surface area contributed by atoms with Crippen LogP contribution in [0.15, 0.2) is 33.5 Å². The SMILES string of the molecule is Cc1c(C(=O)NC2CCC(O)CC2)c(=O)oc2ccccc12. The van der Waals surface area contributed by atoms with E-state index < -0.39 is 11.5 Å². The van der Waals surface area contributed by atoms with Crippen LogP contribution in [0.2, 0.25) is 0 Å². The second-order valence-electron chi connectivity index (χ2n) is 5.86. The molecular weight excluding hydrogens is 282 g/mol. The highest BCUT2D eigenvalue weighted by atomic mass is 16.4. The minimum Gasteiger partial charge on any atom is -0.422 e. The van der Waals surface area contributed by atoms with E-state index >= 15 is 0 Å². The van der Waals surface area contributed by atoms with Gasteiger partial charge in [0.15, 0.2) is 0 Å². The predicted octanol–water partition coefficient (Wildman–Crippen LogP) is 2.13. The molecule has 1 aromatic heterocycles. The van der Waals surface area contributed by atoms with Gasteiger partial charge >= 0.3 is 5.63 Å². The number of hydrogen-bond donors (Lipinski definition) is 2. The number of carbonyl (C=O) groups is 1. The van der Waals surface area contributed by atoms with Crippen LogP contribution in [0.4, 0.5) is 0 Å². The van der Waals surface area contributed by atoms with Gasteiger partial charge < -0.3 is 14.8 Å². The number of fused-ring (bicyclic) bond motifs is 1. The quantitative estimate of drug-likeness (QED) is 0.833. The van der Waals surface area contributed by atoms with Crippen molar-refractivity contribution in [1.82, 2.24) is 5.32 Å². The van der Waals surface area contributed by atoms with Crippen molar-refractivity contribution in [3.8, 4) is 0 Å². The lowest BCUT2D eigenvalue weighted by molar-refractivity contribution is 0.0864. The molecule has 116 valence electrons. The maximum Gasteiger partial charge on any atom is 0.349 e. The molecule has 0 saturated heterocycles. The van der Waals surface area contributed by atoms with Crippen LogP contribution in [-0.4, -0.2) is 23.2 Å². The molecule has 0 unspecified atom stereocenters. The van der Waals surface area contributed by atoms with Crippen molar-refractivity contribution in [2.45, 2.75) is 44.8 Å². The molecule has 2 N–H and O–H groups in total. The molecule has 1 aliphatic rings. The van der Waals surface area contributed by atoms with Gasteiger partial charge in [-0.2, -0.15) is 0 Å². The van der Waals surface area contributed by atoms with Crippen molar-refractivity contribution in [2.24, 2.45) is 0 Å². The molecule has 5 heteroatoms. The topological polar surface area (TPSA) is 79.5 Å². The number of nitrogens with one attached hydrogen (secondary N) is 1.